The summed E-state index contributed by atoms with van der Waals surface area (Å²) in [7, 11) is 1.80. The monoisotopic (exact) mass is 342 g/mol. The van der Waals surface area contributed by atoms with Gasteiger partial charge in [-0.2, -0.15) is 5.10 Å². The summed E-state index contributed by atoms with van der Waals surface area (Å²) in [5, 5.41) is 9.84. The summed E-state index contributed by atoms with van der Waals surface area (Å²) in [4.78, 5) is 18.9. The van der Waals surface area contributed by atoms with Crippen LogP contribution in [0.4, 0.5) is 16.4 Å². The van der Waals surface area contributed by atoms with Crippen LogP contribution in [0.5, 0.6) is 0 Å². The van der Waals surface area contributed by atoms with Crippen molar-refractivity contribution in [2.75, 3.05) is 23.3 Å². The quantitative estimate of drug-likeness (QED) is 0.896. The number of urea groups is 1. The molecule has 1 saturated heterocycles. The van der Waals surface area contributed by atoms with Crippen LogP contribution in [-0.4, -0.2) is 33.9 Å². The lowest BCUT2D eigenvalue weighted by Crippen LogP contribution is -2.29. The van der Waals surface area contributed by atoms with Crippen LogP contribution in [-0.2, 0) is 13.6 Å². The number of hydrogen-bond donors (Lipinski definition) is 2. The largest absolute Gasteiger partial charge is 0.357 e. The summed E-state index contributed by atoms with van der Waals surface area (Å²) in [6.45, 7) is 4.49. The number of rotatable bonds is 4. The Morgan fingerprint density at radius 1 is 1.20 bits per heavy atom. The van der Waals surface area contributed by atoms with Crippen molar-refractivity contribution in [3.05, 3.63) is 35.7 Å². The van der Waals surface area contributed by atoms with E-state index in [1.54, 1.807) is 11.7 Å². The van der Waals surface area contributed by atoms with Crippen molar-refractivity contribution in [2.45, 2.75) is 39.2 Å². The van der Waals surface area contributed by atoms with Crippen LogP contribution in [0.25, 0.3) is 0 Å². The Bertz CT molecular complexity index is 701. The average molecular weight is 342 g/mol. The molecule has 2 aromatic rings. The minimum absolute atomic E-state index is 0.250. The standard InChI is InChI=1S/C18H26N6O/c1-14-11-17(23(2)22-14)21-18(25)20-13-15-7-8-16(19-12-15)24-9-5-3-4-6-10-24/h7-8,11-12H,3-6,9-10,13H2,1-2H3,(H2,20,21,25). The van der Waals surface area contributed by atoms with Gasteiger partial charge in [0.05, 0.1) is 5.69 Å². The summed E-state index contributed by atoms with van der Waals surface area (Å²) < 4.78 is 1.65. The number of hydrogen-bond acceptors (Lipinski definition) is 4. The summed E-state index contributed by atoms with van der Waals surface area (Å²) in [5.74, 6) is 1.70. The average Bonchev–Trinajstić information content (AvgIpc) is 2.81. The number of carbonyl (C=O) groups excluding carboxylic acids is 1. The molecule has 0 bridgehead atoms. The van der Waals surface area contributed by atoms with Gasteiger partial charge in [-0.05, 0) is 31.4 Å². The molecule has 3 rings (SSSR count). The van der Waals surface area contributed by atoms with Crippen molar-refractivity contribution < 1.29 is 4.79 Å². The van der Waals surface area contributed by atoms with E-state index in [4.69, 9.17) is 0 Å². The minimum Gasteiger partial charge on any atom is -0.357 e. The molecule has 0 aromatic carbocycles. The molecular weight excluding hydrogens is 316 g/mol. The lowest BCUT2D eigenvalue weighted by atomic mass is 10.2. The van der Waals surface area contributed by atoms with Gasteiger partial charge in [-0.25, -0.2) is 9.78 Å². The van der Waals surface area contributed by atoms with Gasteiger partial charge in [0, 0.05) is 38.9 Å². The lowest BCUT2D eigenvalue weighted by Gasteiger charge is -2.21. The Morgan fingerprint density at radius 2 is 1.96 bits per heavy atom. The Labute approximate surface area is 148 Å². The highest BCUT2D eigenvalue weighted by Crippen LogP contribution is 2.17. The highest BCUT2D eigenvalue weighted by molar-refractivity contribution is 5.88. The number of aryl methyl sites for hydroxylation is 2. The number of amides is 2. The van der Waals surface area contributed by atoms with E-state index in [2.05, 4.69) is 25.6 Å². The third-order valence-electron chi connectivity index (χ3n) is 4.44. The number of nitrogens with one attached hydrogen (secondary N) is 2. The van der Waals surface area contributed by atoms with Crippen LogP contribution in [0.3, 0.4) is 0 Å². The smallest absolute Gasteiger partial charge is 0.320 e. The normalized spacial score (nSPS) is 14.9. The zero-order chi connectivity index (χ0) is 17.6. The van der Waals surface area contributed by atoms with Gasteiger partial charge in [0.15, 0.2) is 0 Å². The SMILES string of the molecule is Cc1cc(NC(=O)NCc2ccc(N3CCCCCC3)nc2)n(C)n1. The second kappa shape index (κ2) is 8.00. The molecule has 134 valence electrons. The maximum absolute atomic E-state index is 12.0. The van der Waals surface area contributed by atoms with Crippen LogP contribution in [0, 0.1) is 6.92 Å². The van der Waals surface area contributed by atoms with Crippen LogP contribution in [0.2, 0.25) is 0 Å². The Balaban J connectivity index is 1.51. The fourth-order valence-corrected chi connectivity index (χ4v) is 3.08. The molecule has 0 unspecified atom stereocenters. The van der Waals surface area contributed by atoms with Gasteiger partial charge in [-0.3, -0.25) is 10.00 Å². The van der Waals surface area contributed by atoms with Crippen LogP contribution < -0.4 is 15.5 Å². The predicted octanol–water partition coefficient (Wildman–Crippen LogP) is 2.83. The van der Waals surface area contributed by atoms with Crippen molar-refractivity contribution in [1.82, 2.24) is 20.1 Å². The minimum atomic E-state index is -0.250. The van der Waals surface area contributed by atoms with E-state index in [-0.39, 0.29) is 6.03 Å². The molecule has 7 heteroatoms. The molecule has 0 spiro atoms. The molecule has 7 nitrogen and oxygen atoms in total. The zero-order valence-corrected chi connectivity index (χ0v) is 15.0. The van der Waals surface area contributed by atoms with Crippen molar-refractivity contribution in [3.63, 3.8) is 0 Å². The molecule has 3 heterocycles. The summed E-state index contributed by atoms with van der Waals surface area (Å²) in [5.41, 5.74) is 1.85. The molecule has 2 aromatic heterocycles. The van der Waals surface area contributed by atoms with E-state index in [0.29, 0.717) is 12.4 Å². The lowest BCUT2D eigenvalue weighted by molar-refractivity contribution is 0.251. The van der Waals surface area contributed by atoms with E-state index >= 15 is 0 Å². The van der Waals surface area contributed by atoms with Crippen molar-refractivity contribution in [1.29, 1.82) is 0 Å². The first-order valence-corrected chi connectivity index (χ1v) is 8.87. The van der Waals surface area contributed by atoms with Gasteiger partial charge in [-0.15, -0.1) is 0 Å². The first kappa shape index (κ1) is 17.3. The van der Waals surface area contributed by atoms with E-state index < -0.39 is 0 Å². The fourth-order valence-electron chi connectivity index (χ4n) is 3.08. The molecule has 0 radical (unpaired) electrons. The Kier molecular flexibility index (Phi) is 5.53. The summed E-state index contributed by atoms with van der Waals surface area (Å²) >= 11 is 0. The van der Waals surface area contributed by atoms with Crippen LogP contribution >= 0.6 is 0 Å². The van der Waals surface area contributed by atoms with E-state index in [1.807, 2.05) is 31.3 Å². The van der Waals surface area contributed by atoms with Gasteiger partial charge >= 0.3 is 6.03 Å². The molecule has 1 aliphatic rings. The number of anilines is 2. The van der Waals surface area contributed by atoms with Crippen LogP contribution in [0.1, 0.15) is 36.9 Å². The summed E-state index contributed by atoms with van der Waals surface area (Å²) in [6, 6.07) is 5.66. The number of carbonyl (C=O) groups is 1. The Morgan fingerprint density at radius 3 is 2.56 bits per heavy atom. The second-order valence-electron chi connectivity index (χ2n) is 6.53. The topological polar surface area (TPSA) is 75.1 Å². The maximum atomic E-state index is 12.0. The molecule has 0 saturated carbocycles. The highest BCUT2D eigenvalue weighted by atomic mass is 16.2. The fraction of sp³-hybridized carbons (Fsp3) is 0.500. The number of nitrogens with zero attached hydrogens (tertiary/aromatic N) is 4. The molecule has 1 aliphatic heterocycles. The van der Waals surface area contributed by atoms with Crippen LogP contribution in [0.15, 0.2) is 24.4 Å². The van der Waals surface area contributed by atoms with E-state index in [9.17, 15) is 4.79 Å². The van der Waals surface area contributed by atoms with E-state index in [1.165, 1.54) is 25.7 Å². The van der Waals surface area contributed by atoms with Crippen molar-refractivity contribution >= 4 is 17.7 Å². The molecule has 0 atom stereocenters. The van der Waals surface area contributed by atoms with Crippen molar-refractivity contribution in [3.8, 4) is 0 Å². The van der Waals surface area contributed by atoms with Gasteiger partial charge in [-0.1, -0.05) is 18.9 Å². The molecule has 1 fully saturated rings. The molecule has 2 N–H and O–H groups in total. The van der Waals surface area contributed by atoms with Crippen molar-refractivity contribution in [2.24, 2.45) is 7.05 Å². The van der Waals surface area contributed by atoms with Gasteiger partial charge < -0.3 is 10.2 Å². The van der Waals surface area contributed by atoms with Gasteiger partial charge in [0.1, 0.15) is 11.6 Å². The maximum Gasteiger partial charge on any atom is 0.320 e. The molecule has 2 amide bonds. The van der Waals surface area contributed by atoms with E-state index in [0.717, 1.165) is 30.2 Å². The predicted molar refractivity (Wildman–Crippen MR) is 98.7 cm³/mol. The van der Waals surface area contributed by atoms with Gasteiger partial charge in [0.2, 0.25) is 0 Å². The zero-order valence-electron chi connectivity index (χ0n) is 15.0. The third kappa shape index (κ3) is 4.71. The highest BCUT2D eigenvalue weighted by Gasteiger charge is 2.11. The third-order valence-corrected chi connectivity index (χ3v) is 4.44. The molecular formula is C18H26N6O. The summed E-state index contributed by atoms with van der Waals surface area (Å²) in [6.07, 6.45) is 6.93. The Hall–Kier alpha value is -2.57. The molecule has 0 aliphatic carbocycles. The second-order valence-corrected chi connectivity index (χ2v) is 6.53. The first-order valence-electron chi connectivity index (χ1n) is 8.87. The first-order chi connectivity index (χ1) is 12.1. The number of aromatic nitrogens is 3. The number of pyridine rings is 1. The van der Waals surface area contributed by atoms with Gasteiger partial charge in [0.25, 0.3) is 0 Å². The molecule has 25 heavy (non-hydrogen) atoms.